The molecule has 2 fully saturated rings. The molecule has 1 saturated carbocycles. The summed E-state index contributed by atoms with van der Waals surface area (Å²) in [6, 6.07) is 7.74. The zero-order valence-corrected chi connectivity index (χ0v) is 11.6. The number of aliphatic hydroxyl groups is 1. The molecule has 1 aromatic carbocycles. The van der Waals surface area contributed by atoms with Gasteiger partial charge < -0.3 is 5.11 Å². The molecule has 1 heterocycles. The van der Waals surface area contributed by atoms with Crippen LogP contribution >= 0.6 is 0 Å². The first kappa shape index (κ1) is 13.3. The number of amides is 2. The van der Waals surface area contributed by atoms with Gasteiger partial charge in [0.1, 0.15) is 0 Å². The summed E-state index contributed by atoms with van der Waals surface area (Å²) in [5.74, 6) is -0.411. The summed E-state index contributed by atoms with van der Waals surface area (Å²) in [4.78, 5) is 24.9. The Labute approximate surface area is 118 Å². The number of fused-ring (bicyclic) bond motifs is 1. The van der Waals surface area contributed by atoms with Gasteiger partial charge in [0.05, 0.1) is 24.5 Å². The molecule has 1 saturated heterocycles. The van der Waals surface area contributed by atoms with Crippen molar-refractivity contribution in [3.63, 3.8) is 0 Å². The molecule has 0 bridgehead atoms. The van der Waals surface area contributed by atoms with Crippen LogP contribution in [0.5, 0.6) is 0 Å². The van der Waals surface area contributed by atoms with E-state index in [1.54, 1.807) is 0 Å². The van der Waals surface area contributed by atoms with Gasteiger partial charge in [-0.2, -0.15) is 0 Å². The van der Waals surface area contributed by atoms with Crippen LogP contribution in [0.4, 0.5) is 0 Å². The second-order valence-corrected chi connectivity index (χ2v) is 5.74. The van der Waals surface area contributed by atoms with Gasteiger partial charge in [-0.25, -0.2) is 0 Å². The number of likely N-dealkylation sites (tertiary alicyclic amines) is 1. The number of aliphatic hydroxyl groups excluding tert-OH is 1. The van der Waals surface area contributed by atoms with Crippen LogP contribution in [0.15, 0.2) is 24.3 Å². The quantitative estimate of drug-likeness (QED) is 0.830. The van der Waals surface area contributed by atoms with Gasteiger partial charge in [-0.05, 0) is 24.0 Å². The number of β-amino-alcohol motifs (C(OH)–C–C–N with tert-alkyl or cyclic N) is 1. The second kappa shape index (κ2) is 5.02. The third kappa shape index (κ3) is 2.24. The Morgan fingerprint density at radius 3 is 2.35 bits per heavy atom. The van der Waals surface area contributed by atoms with Gasteiger partial charge in [-0.1, -0.05) is 37.6 Å². The average Bonchev–Trinajstić information content (AvgIpc) is 3.20. The summed E-state index contributed by atoms with van der Waals surface area (Å²) in [6.07, 6.45) is 2.01. The molecule has 0 spiro atoms. The van der Waals surface area contributed by atoms with Crippen molar-refractivity contribution in [3.05, 3.63) is 35.4 Å². The molecule has 1 N–H and O–H groups in total. The van der Waals surface area contributed by atoms with Gasteiger partial charge in [-0.3, -0.25) is 14.5 Å². The molecule has 1 aliphatic carbocycles. The minimum absolute atomic E-state index is 0.0811. The molecule has 20 heavy (non-hydrogen) atoms. The zero-order valence-electron chi connectivity index (χ0n) is 11.6. The first-order valence-electron chi connectivity index (χ1n) is 7.24. The summed E-state index contributed by atoms with van der Waals surface area (Å²) in [5, 5.41) is 10.2. The van der Waals surface area contributed by atoms with E-state index in [0.717, 1.165) is 18.4 Å². The fourth-order valence-electron chi connectivity index (χ4n) is 2.90. The zero-order chi connectivity index (χ0) is 14.3. The number of piperidine rings is 1. The normalized spacial score (nSPS) is 25.8. The van der Waals surface area contributed by atoms with Crippen LogP contribution in [0.25, 0.3) is 0 Å². The van der Waals surface area contributed by atoms with E-state index >= 15 is 0 Å². The Hall–Kier alpha value is -1.68. The van der Waals surface area contributed by atoms with E-state index in [0.29, 0.717) is 6.42 Å². The highest BCUT2D eigenvalue weighted by Crippen LogP contribution is 2.47. The standard InChI is InChI=1S/C16H19NO3/c1-2-3-10-4-6-11(7-5-10)14(18)9-17-15(19)12-8-13(12)16(17)20/h4-7,12-14,18H,2-3,8-9H2,1H3. The number of aryl methyl sites for hydroxylation is 1. The predicted molar refractivity (Wildman–Crippen MR) is 73.7 cm³/mol. The Morgan fingerprint density at radius 1 is 1.20 bits per heavy atom. The van der Waals surface area contributed by atoms with Gasteiger partial charge in [0, 0.05) is 0 Å². The number of rotatable bonds is 5. The summed E-state index contributed by atoms with van der Waals surface area (Å²) >= 11 is 0. The first-order chi connectivity index (χ1) is 9.61. The SMILES string of the molecule is CCCc1ccc(C(O)CN2C(=O)C3CC3C2=O)cc1. The molecule has 4 nitrogen and oxygen atoms in total. The molecule has 1 aromatic rings. The molecule has 0 aromatic heterocycles. The Bertz CT molecular complexity index is 517. The van der Waals surface area contributed by atoms with Crippen molar-refractivity contribution in [2.45, 2.75) is 32.3 Å². The number of imide groups is 1. The number of carbonyl (C=O) groups excluding carboxylic acids is 2. The maximum Gasteiger partial charge on any atom is 0.233 e. The lowest BCUT2D eigenvalue weighted by Crippen LogP contribution is -2.36. The van der Waals surface area contributed by atoms with Crippen molar-refractivity contribution in [2.75, 3.05) is 6.54 Å². The number of hydrogen-bond acceptors (Lipinski definition) is 3. The van der Waals surface area contributed by atoms with Crippen molar-refractivity contribution < 1.29 is 14.7 Å². The highest BCUT2D eigenvalue weighted by Gasteiger charge is 2.58. The van der Waals surface area contributed by atoms with Gasteiger partial charge in [0.25, 0.3) is 0 Å². The van der Waals surface area contributed by atoms with Crippen molar-refractivity contribution in [1.29, 1.82) is 0 Å². The lowest BCUT2D eigenvalue weighted by atomic mass is 10.0. The number of nitrogens with zero attached hydrogens (tertiary/aromatic N) is 1. The molecule has 1 aliphatic heterocycles. The number of carbonyl (C=O) groups is 2. The number of hydrogen-bond donors (Lipinski definition) is 1. The van der Waals surface area contributed by atoms with Gasteiger partial charge in [-0.15, -0.1) is 0 Å². The molecule has 106 valence electrons. The Morgan fingerprint density at radius 2 is 1.80 bits per heavy atom. The molecular formula is C16H19NO3. The summed E-state index contributed by atoms with van der Waals surface area (Å²) in [6.45, 7) is 2.20. The maximum atomic E-state index is 11.9. The Balaban J connectivity index is 1.65. The topological polar surface area (TPSA) is 57.6 Å². The van der Waals surface area contributed by atoms with Crippen molar-refractivity contribution in [3.8, 4) is 0 Å². The summed E-state index contributed by atoms with van der Waals surface area (Å²) in [7, 11) is 0. The van der Waals surface area contributed by atoms with Crippen molar-refractivity contribution in [2.24, 2.45) is 11.8 Å². The average molecular weight is 273 g/mol. The monoisotopic (exact) mass is 273 g/mol. The fourth-order valence-corrected chi connectivity index (χ4v) is 2.90. The second-order valence-electron chi connectivity index (χ2n) is 5.74. The lowest BCUT2D eigenvalue weighted by molar-refractivity contribution is -0.143. The lowest BCUT2D eigenvalue weighted by Gasteiger charge is -2.20. The predicted octanol–water partition coefficient (Wildman–Crippen LogP) is 1.68. The van der Waals surface area contributed by atoms with E-state index in [-0.39, 0.29) is 30.2 Å². The summed E-state index contributed by atoms with van der Waals surface area (Å²) < 4.78 is 0. The minimum atomic E-state index is -0.795. The van der Waals surface area contributed by atoms with Crippen LogP contribution in [0, 0.1) is 11.8 Å². The van der Waals surface area contributed by atoms with Crippen LogP contribution < -0.4 is 0 Å². The van der Waals surface area contributed by atoms with E-state index in [1.165, 1.54) is 10.5 Å². The van der Waals surface area contributed by atoms with Crippen LogP contribution in [0.1, 0.15) is 37.0 Å². The van der Waals surface area contributed by atoms with Crippen LogP contribution in [-0.4, -0.2) is 28.4 Å². The molecule has 0 radical (unpaired) electrons. The van der Waals surface area contributed by atoms with E-state index in [4.69, 9.17) is 0 Å². The van der Waals surface area contributed by atoms with E-state index in [9.17, 15) is 14.7 Å². The third-order valence-electron chi connectivity index (χ3n) is 4.22. The van der Waals surface area contributed by atoms with Gasteiger partial charge in [0.2, 0.25) is 11.8 Å². The van der Waals surface area contributed by atoms with Gasteiger partial charge in [0.15, 0.2) is 0 Å². The molecule has 4 heteroatoms. The van der Waals surface area contributed by atoms with Crippen molar-refractivity contribution >= 4 is 11.8 Å². The maximum absolute atomic E-state index is 11.9. The van der Waals surface area contributed by atoms with E-state index in [2.05, 4.69) is 6.92 Å². The number of benzene rings is 1. The highest BCUT2D eigenvalue weighted by molar-refractivity contribution is 6.08. The largest absolute Gasteiger partial charge is 0.387 e. The molecule has 2 amide bonds. The molecule has 3 unspecified atom stereocenters. The van der Waals surface area contributed by atoms with E-state index in [1.807, 2.05) is 24.3 Å². The fraction of sp³-hybridized carbons (Fsp3) is 0.500. The van der Waals surface area contributed by atoms with Crippen LogP contribution in [0.2, 0.25) is 0 Å². The molecule has 2 aliphatic rings. The van der Waals surface area contributed by atoms with E-state index < -0.39 is 6.10 Å². The van der Waals surface area contributed by atoms with Crippen molar-refractivity contribution in [1.82, 2.24) is 4.90 Å². The van der Waals surface area contributed by atoms with Gasteiger partial charge >= 0.3 is 0 Å². The van der Waals surface area contributed by atoms with Crippen LogP contribution in [0.3, 0.4) is 0 Å². The minimum Gasteiger partial charge on any atom is -0.387 e. The highest BCUT2D eigenvalue weighted by atomic mass is 16.3. The third-order valence-corrected chi connectivity index (χ3v) is 4.22. The Kier molecular flexibility index (Phi) is 3.34. The smallest absolute Gasteiger partial charge is 0.233 e. The van der Waals surface area contributed by atoms with Crippen LogP contribution in [-0.2, 0) is 16.0 Å². The molecule has 3 atom stereocenters. The summed E-state index contributed by atoms with van der Waals surface area (Å²) in [5.41, 5.74) is 1.99. The first-order valence-corrected chi connectivity index (χ1v) is 7.24. The molecule has 3 rings (SSSR count). The molecular weight excluding hydrogens is 254 g/mol.